The third kappa shape index (κ3) is 2.15. The van der Waals surface area contributed by atoms with Gasteiger partial charge in [-0.05, 0) is 30.6 Å². The van der Waals surface area contributed by atoms with Crippen LogP contribution in [0.15, 0.2) is 0 Å². The number of hydrogen-bond donors (Lipinski definition) is 2. The summed E-state index contributed by atoms with van der Waals surface area (Å²) in [5.41, 5.74) is -0.255. The second-order valence-corrected chi connectivity index (χ2v) is 7.05. The third-order valence-electron chi connectivity index (χ3n) is 4.76. The summed E-state index contributed by atoms with van der Waals surface area (Å²) in [5.74, 6) is 0.803. The zero-order valence-corrected chi connectivity index (χ0v) is 12.7. The largest absolute Gasteiger partial charge is 0.323 e. The van der Waals surface area contributed by atoms with Crippen molar-refractivity contribution in [1.29, 1.82) is 5.41 Å². The minimum Gasteiger partial charge on any atom is -0.311 e. The summed E-state index contributed by atoms with van der Waals surface area (Å²) < 4.78 is 0. The molecular formula is C15H27N3O. The molecule has 2 atom stereocenters. The molecule has 0 bridgehead atoms. The number of amidine groups is 1. The van der Waals surface area contributed by atoms with Gasteiger partial charge < -0.3 is 4.90 Å². The van der Waals surface area contributed by atoms with Crippen LogP contribution in [0.25, 0.3) is 0 Å². The van der Waals surface area contributed by atoms with Gasteiger partial charge in [-0.25, -0.2) is 4.79 Å². The van der Waals surface area contributed by atoms with E-state index in [1.54, 1.807) is 0 Å². The molecule has 1 heterocycles. The molecule has 1 aliphatic heterocycles. The van der Waals surface area contributed by atoms with Crippen molar-refractivity contribution in [3.05, 3.63) is 0 Å². The Kier molecular flexibility index (Phi) is 3.63. The van der Waals surface area contributed by atoms with E-state index in [0.717, 1.165) is 32.2 Å². The Balaban J connectivity index is 2.45. The summed E-state index contributed by atoms with van der Waals surface area (Å²) in [6.45, 7) is 9.57. The number of nitrogens with one attached hydrogen (secondary N) is 2. The molecule has 19 heavy (non-hydrogen) atoms. The van der Waals surface area contributed by atoms with Crippen LogP contribution in [0.1, 0.15) is 59.8 Å². The Bertz CT molecular complexity index is 385. The standard InChI is InChI=1S/C15H27N3O/c1-5-10-18-13(19)17-12(16)15(18)9-7-6-8-11(15)14(2,3)4/h11H,5-10H2,1-4H3,(H2,16,17,19). The quantitative estimate of drug-likeness (QED) is 0.790. The first kappa shape index (κ1) is 14.4. The van der Waals surface area contributed by atoms with Crippen LogP contribution in [0.5, 0.6) is 0 Å². The molecule has 1 spiro atoms. The molecule has 2 N–H and O–H groups in total. The van der Waals surface area contributed by atoms with Crippen LogP contribution < -0.4 is 5.32 Å². The first-order chi connectivity index (χ1) is 8.84. The molecule has 2 fully saturated rings. The Morgan fingerprint density at radius 3 is 2.68 bits per heavy atom. The van der Waals surface area contributed by atoms with Crippen molar-refractivity contribution in [2.24, 2.45) is 11.3 Å². The average molecular weight is 265 g/mol. The van der Waals surface area contributed by atoms with Gasteiger partial charge in [-0.15, -0.1) is 0 Å². The van der Waals surface area contributed by atoms with Crippen LogP contribution in [-0.4, -0.2) is 28.9 Å². The van der Waals surface area contributed by atoms with Crippen LogP contribution in [0.4, 0.5) is 4.79 Å². The fraction of sp³-hybridized carbons (Fsp3) is 0.867. The molecule has 2 unspecified atom stereocenters. The van der Waals surface area contributed by atoms with Crippen molar-refractivity contribution in [3.8, 4) is 0 Å². The highest BCUT2D eigenvalue weighted by molar-refractivity contribution is 6.08. The minimum atomic E-state index is -0.371. The fourth-order valence-electron chi connectivity index (χ4n) is 4.05. The summed E-state index contributed by atoms with van der Waals surface area (Å²) in [7, 11) is 0. The SMILES string of the molecule is CCCN1C(=O)NC(=N)C12CCCCC2C(C)(C)C. The van der Waals surface area contributed by atoms with Gasteiger partial charge in [0.05, 0.1) is 0 Å². The fourth-order valence-corrected chi connectivity index (χ4v) is 4.05. The van der Waals surface area contributed by atoms with Crippen molar-refractivity contribution < 1.29 is 4.79 Å². The lowest BCUT2D eigenvalue weighted by Gasteiger charge is -2.51. The van der Waals surface area contributed by atoms with Crippen molar-refractivity contribution in [2.45, 2.75) is 65.3 Å². The lowest BCUT2D eigenvalue weighted by molar-refractivity contribution is 0.0337. The maximum atomic E-state index is 12.2. The van der Waals surface area contributed by atoms with E-state index < -0.39 is 0 Å². The number of nitrogens with zero attached hydrogens (tertiary/aromatic N) is 1. The normalized spacial score (nSPS) is 32.0. The van der Waals surface area contributed by atoms with Gasteiger partial charge in [0.2, 0.25) is 0 Å². The van der Waals surface area contributed by atoms with E-state index in [9.17, 15) is 4.79 Å². The lowest BCUT2D eigenvalue weighted by atomic mass is 9.61. The van der Waals surface area contributed by atoms with Gasteiger partial charge in [0.25, 0.3) is 0 Å². The van der Waals surface area contributed by atoms with E-state index in [-0.39, 0.29) is 17.0 Å². The van der Waals surface area contributed by atoms with Crippen molar-refractivity contribution in [3.63, 3.8) is 0 Å². The zero-order chi connectivity index (χ0) is 14.3. The lowest BCUT2D eigenvalue weighted by Crippen LogP contribution is -2.59. The molecule has 1 saturated carbocycles. The monoisotopic (exact) mass is 265 g/mol. The van der Waals surface area contributed by atoms with Crippen molar-refractivity contribution >= 4 is 11.9 Å². The van der Waals surface area contributed by atoms with Gasteiger partial charge in [-0.2, -0.15) is 0 Å². The van der Waals surface area contributed by atoms with E-state index >= 15 is 0 Å². The Labute approximate surface area is 116 Å². The van der Waals surface area contributed by atoms with Gasteiger partial charge in [-0.1, -0.05) is 40.5 Å². The Hall–Kier alpha value is -1.06. The second-order valence-electron chi connectivity index (χ2n) is 7.05. The topological polar surface area (TPSA) is 56.2 Å². The summed E-state index contributed by atoms with van der Waals surface area (Å²) in [6, 6.07) is -0.0667. The van der Waals surface area contributed by atoms with Crippen LogP contribution in [0.3, 0.4) is 0 Å². The molecule has 1 aliphatic carbocycles. The highest BCUT2D eigenvalue weighted by atomic mass is 16.2. The number of amides is 2. The number of urea groups is 1. The zero-order valence-electron chi connectivity index (χ0n) is 12.7. The summed E-state index contributed by atoms with van der Waals surface area (Å²) >= 11 is 0. The predicted octanol–water partition coefficient (Wildman–Crippen LogP) is 3.37. The molecule has 4 heteroatoms. The smallest absolute Gasteiger partial charge is 0.311 e. The molecule has 0 aromatic rings. The number of carbonyl (C=O) groups is 1. The van der Waals surface area contributed by atoms with Crippen LogP contribution in [0, 0.1) is 16.7 Å². The molecule has 108 valence electrons. The highest BCUT2D eigenvalue weighted by Gasteiger charge is 2.58. The van der Waals surface area contributed by atoms with Crippen molar-refractivity contribution in [1.82, 2.24) is 10.2 Å². The molecule has 4 nitrogen and oxygen atoms in total. The number of carbonyl (C=O) groups excluding carboxylic acids is 1. The first-order valence-corrected chi connectivity index (χ1v) is 7.51. The maximum absolute atomic E-state index is 12.2. The van der Waals surface area contributed by atoms with Gasteiger partial charge >= 0.3 is 6.03 Å². The van der Waals surface area contributed by atoms with Crippen LogP contribution in [0.2, 0.25) is 0 Å². The highest BCUT2D eigenvalue weighted by Crippen LogP contribution is 2.49. The molecule has 2 rings (SSSR count). The van der Waals surface area contributed by atoms with Crippen LogP contribution in [-0.2, 0) is 0 Å². The van der Waals surface area contributed by atoms with Gasteiger partial charge in [0.15, 0.2) is 0 Å². The van der Waals surface area contributed by atoms with Gasteiger partial charge in [0, 0.05) is 6.54 Å². The Morgan fingerprint density at radius 1 is 1.42 bits per heavy atom. The third-order valence-corrected chi connectivity index (χ3v) is 4.76. The van der Waals surface area contributed by atoms with E-state index in [2.05, 4.69) is 33.0 Å². The van der Waals surface area contributed by atoms with E-state index in [0.29, 0.717) is 11.8 Å². The predicted molar refractivity (Wildman–Crippen MR) is 77.4 cm³/mol. The van der Waals surface area contributed by atoms with Gasteiger partial charge in [0.1, 0.15) is 11.4 Å². The van der Waals surface area contributed by atoms with E-state index in [4.69, 9.17) is 5.41 Å². The minimum absolute atomic E-state index is 0.0667. The second kappa shape index (κ2) is 4.80. The number of hydrogen-bond acceptors (Lipinski definition) is 2. The summed E-state index contributed by atoms with van der Waals surface area (Å²) in [4.78, 5) is 14.1. The van der Waals surface area contributed by atoms with Gasteiger partial charge in [-0.3, -0.25) is 10.7 Å². The Morgan fingerprint density at radius 2 is 2.11 bits per heavy atom. The molecule has 2 amide bonds. The molecule has 1 saturated heterocycles. The molecular weight excluding hydrogens is 238 g/mol. The summed E-state index contributed by atoms with van der Waals surface area (Å²) in [5, 5.41) is 11.2. The first-order valence-electron chi connectivity index (χ1n) is 7.51. The molecule has 0 aromatic carbocycles. The molecule has 0 radical (unpaired) electrons. The van der Waals surface area contributed by atoms with E-state index in [1.807, 2.05) is 4.90 Å². The number of rotatable bonds is 2. The summed E-state index contributed by atoms with van der Waals surface area (Å²) in [6.07, 6.45) is 5.32. The van der Waals surface area contributed by atoms with Crippen LogP contribution >= 0.6 is 0 Å². The average Bonchev–Trinajstić information content (AvgIpc) is 2.54. The van der Waals surface area contributed by atoms with Crippen molar-refractivity contribution in [2.75, 3.05) is 6.54 Å². The van der Waals surface area contributed by atoms with E-state index in [1.165, 1.54) is 6.42 Å². The molecule has 2 aliphatic rings. The molecule has 0 aromatic heterocycles. The maximum Gasteiger partial charge on any atom is 0.323 e.